The van der Waals surface area contributed by atoms with Crippen molar-refractivity contribution < 1.29 is 8.78 Å². The Hall–Kier alpha value is -1.45. The second-order valence-electron chi connectivity index (χ2n) is 5.28. The van der Waals surface area contributed by atoms with Crippen LogP contribution in [0.5, 0.6) is 0 Å². The molecule has 2 aromatic carbocycles. The number of hydrogen-bond acceptors (Lipinski definition) is 1. The minimum absolute atomic E-state index is 0.181. The lowest BCUT2D eigenvalue weighted by atomic mass is 9.71. The third kappa shape index (κ3) is 2.32. The zero-order valence-electron chi connectivity index (χ0n) is 10.8. The van der Waals surface area contributed by atoms with Gasteiger partial charge < -0.3 is 5.32 Å². The van der Waals surface area contributed by atoms with Gasteiger partial charge in [0.2, 0.25) is 0 Å². The van der Waals surface area contributed by atoms with Gasteiger partial charge in [-0.2, -0.15) is 0 Å². The van der Waals surface area contributed by atoms with Gasteiger partial charge in [0.05, 0.1) is 0 Å². The fourth-order valence-corrected chi connectivity index (χ4v) is 2.84. The molecule has 1 nitrogen and oxygen atoms in total. The molecule has 1 fully saturated rings. The van der Waals surface area contributed by atoms with Gasteiger partial charge >= 0.3 is 0 Å². The summed E-state index contributed by atoms with van der Waals surface area (Å²) in [6.07, 6.45) is 0.477. The van der Waals surface area contributed by atoms with E-state index in [2.05, 4.69) is 5.32 Å². The van der Waals surface area contributed by atoms with E-state index in [1.165, 1.54) is 0 Å². The van der Waals surface area contributed by atoms with Gasteiger partial charge in [-0.05, 0) is 35.7 Å². The quantitative estimate of drug-likeness (QED) is 0.910. The summed E-state index contributed by atoms with van der Waals surface area (Å²) in [5.74, 6) is -1.53. The van der Waals surface area contributed by atoms with Crippen LogP contribution in [0.1, 0.15) is 11.1 Å². The molecular weight excluding hydrogens is 280 g/mol. The molecule has 1 heterocycles. The minimum Gasteiger partial charge on any atom is -0.315 e. The Labute approximate surface area is 121 Å². The van der Waals surface area contributed by atoms with E-state index in [1.54, 1.807) is 12.1 Å². The Kier molecular flexibility index (Phi) is 3.48. The molecule has 0 radical (unpaired) electrons. The van der Waals surface area contributed by atoms with E-state index in [0.717, 1.165) is 24.7 Å². The average molecular weight is 294 g/mol. The van der Waals surface area contributed by atoms with Gasteiger partial charge in [-0.3, -0.25) is 0 Å². The Bertz CT molecular complexity index is 621. The Morgan fingerprint density at radius 1 is 1.05 bits per heavy atom. The predicted molar refractivity (Wildman–Crippen MR) is 76.1 cm³/mol. The third-order valence-corrected chi connectivity index (χ3v) is 4.20. The molecule has 1 aliphatic rings. The zero-order chi connectivity index (χ0) is 14.2. The van der Waals surface area contributed by atoms with E-state index in [0.29, 0.717) is 17.0 Å². The van der Waals surface area contributed by atoms with Crippen LogP contribution < -0.4 is 5.32 Å². The van der Waals surface area contributed by atoms with E-state index in [4.69, 9.17) is 11.6 Å². The molecule has 1 saturated heterocycles. The number of rotatable bonds is 3. The van der Waals surface area contributed by atoms with Crippen LogP contribution >= 0.6 is 11.6 Å². The van der Waals surface area contributed by atoms with E-state index >= 15 is 0 Å². The van der Waals surface area contributed by atoms with Crippen molar-refractivity contribution in [2.75, 3.05) is 13.1 Å². The first-order chi connectivity index (χ1) is 9.61. The molecule has 1 aliphatic heterocycles. The molecule has 20 heavy (non-hydrogen) atoms. The molecule has 2 aromatic rings. The topological polar surface area (TPSA) is 12.0 Å². The number of benzene rings is 2. The molecule has 0 saturated carbocycles. The van der Waals surface area contributed by atoms with E-state index < -0.39 is 11.6 Å². The third-order valence-electron chi connectivity index (χ3n) is 3.94. The average Bonchev–Trinajstić information content (AvgIpc) is 2.40. The first-order valence-electron chi connectivity index (χ1n) is 6.50. The Balaban J connectivity index is 1.94. The molecule has 0 bridgehead atoms. The standard InChI is InChI=1S/C16H14ClF2N/c17-13-6-4-12(5-7-13)16(9-20-10-16)8-11-2-1-3-14(18)15(11)19/h1-7,20H,8-10H2. The van der Waals surface area contributed by atoms with Crippen LogP contribution in [0.25, 0.3) is 0 Å². The van der Waals surface area contributed by atoms with Gasteiger partial charge in [0, 0.05) is 23.5 Å². The molecule has 0 unspecified atom stereocenters. The molecule has 104 valence electrons. The number of hydrogen-bond donors (Lipinski definition) is 1. The Morgan fingerprint density at radius 3 is 2.35 bits per heavy atom. The summed E-state index contributed by atoms with van der Waals surface area (Å²) in [5.41, 5.74) is 1.34. The number of nitrogens with one attached hydrogen (secondary N) is 1. The largest absolute Gasteiger partial charge is 0.315 e. The molecule has 3 rings (SSSR count). The summed E-state index contributed by atoms with van der Waals surface area (Å²) in [6, 6.07) is 11.9. The van der Waals surface area contributed by atoms with Gasteiger partial charge in [-0.25, -0.2) is 8.78 Å². The summed E-state index contributed by atoms with van der Waals surface area (Å²) < 4.78 is 27.2. The van der Waals surface area contributed by atoms with Crippen molar-refractivity contribution in [2.45, 2.75) is 11.8 Å². The zero-order valence-corrected chi connectivity index (χ0v) is 11.6. The molecule has 0 aliphatic carbocycles. The summed E-state index contributed by atoms with van der Waals surface area (Å²) in [7, 11) is 0. The van der Waals surface area contributed by atoms with Crippen LogP contribution in [0.4, 0.5) is 8.78 Å². The molecule has 4 heteroatoms. The highest BCUT2D eigenvalue weighted by Crippen LogP contribution is 2.34. The van der Waals surface area contributed by atoms with Crippen LogP contribution in [0.2, 0.25) is 5.02 Å². The molecule has 0 atom stereocenters. The van der Waals surface area contributed by atoms with E-state index in [-0.39, 0.29) is 5.41 Å². The first-order valence-corrected chi connectivity index (χ1v) is 6.88. The first kappa shape index (κ1) is 13.5. The van der Waals surface area contributed by atoms with Crippen molar-refractivity contribution in [1.82, 2.24) is 5.32 Å². The van der Waals surface area contributed by atoms with E-state index in [1.807, 2.05) is 24.3 Å². The minimum atomic E-state index is -0.791. The fraction of sp³-hybridized carbons (Fsp3) is 0.250. The second kappa shape index (κ2) is 5.15. The monoisotopic (exact) mass is 293 g/mol. The van der Waals surface area contributed by atoms with E-state index in [9.17, 15) is 8.78 Å². The lowest BCUT2D eigenvalue weighted by molar-refractivity contribution is 0.271. The highest BCUT2D eigenvalue weighted by atomic mass is 35.5. The maximum absolute atomic E-state index is 13.9. The molecule has 0 spiro atoms. The second-order valence-corrected chi connectivity index (χ2v) is 5.72. The smallest absolute Gasteiger partial charge is 0.162 e. The van der Waals surface area contributed by atoms with Gasteiger partial charge in [0.1, 0.15) is 0 Å². The summed E-state index contributed by atoms with van der Waals surface area (Å²) >= 11 is 5.90. The molecule has 0 aromatic heterocycles. The van der Waals surface area contributed by atoms with Crippen molar-refractivity contribution in [2.24, 2.45) is 0 Å². The van der Waals surface area contributed by atoms with Crippen molar-refractivity contribution in [3.8, 4) is 0 Å². The SMILES string of the molecule is Fc1cccc(CC2(c3ccc(Cl)cc3)CNC2)c1F. The highest BCUT2D eigenvalue weighted by Gasteiger charge is 2.39. The summed E-state index contributed by atoms with van der Waals surface area (Å²) in [6.45, 7) is 1.51. The lowest BCUT2D eigenvalue weighted by Gasteiger charge is -2.43. The van der Waals surface area contributed by atoms with Crippen molar-refractivity contribution >= 4 is 11.6 Å². The highest BCUT2D eigenvalue weighted by molar-refractivity contribution is 6.30. The van der Waals surface area contributed by atoms with Crippen LogP contribution in [0.3, 0.4) is 0 Å². The molecular formula is C16H14ClF2N. The Morgan fingerprint density at radius 2 is 1.75 bits per heavy atom. The lowest BCUT2D eigenvalue weighted by Crippen LogP contribution is -2.58. The molecule has 1 N–H and O–H groups in total. The van der Waals surface area contributed by atoms with Crippen LogP contribution in [0.15, 0.2) is 42.5 Å². The van der Waals surface area contributed by atoms with Gasteiger partial charge in [0.15, 0.2) is 11.6 Å². The fourth-order valence-electron chi connectivity index (χ4n) is 2.71. The summed E-state index contributed by atoms with van der Waals surface area (Å²) in [4.78, 5) is 0. The molecule has 0 amide bonds. The van der Waals surface area contributed by atoms with Gasteiger partial charge in [-0.1, -0.05) is 35.9 Å². The summed E-state index contributed by atoms with van der Waals surface area (Å²) in [5, 5.41) is 3.89. The van der Waals surface area contributed by atoms with Crippen molar-refractivity contribution in [3.63, 3.8) is 0 Å². The number of halogens is 3. The van der Waals surface area contributed by atoms with Crippen LogP contribution in [-0.4, -0.2) is 13.1 Å². The van der Waals surface area contributed by atoms with Crippen LogP contribution in [-0.2, 0) is 11.8 Å². The van der Waals surface area contributed by atoms with Crippen molar-refractivity contribution in [1.29, 1.82) is 0 Å². The van der Waals surface area contributed by atoms with Gasteiger partial charge in [-0.15, -0.1) is 0 Å². The maximum Gasteiger partial charge on any atom is 0.162 e. The normalized spacial score (nSPS) is 16.8. The van der Waals surface area contributed by atoms with Gasteiger partial charge in [0.25, 0.3) is 0 Å². The predicted octanol–water partition coefficient (Wildman–Crippen LogP) is 3.70. The van der Waals surface area contributed by atoms with Crippen LogP contribution in [0, 0.1) is 11.6 Å². The maximum atomic E-state index is 13.9. The van der Waals surface area contributed by atoms with Crippen molar-refractivity contribution in [3.05, 3.63) is 70.2 Å².